The lowest BCUT2D eigenvalue weighted by atomic mass is 10.0. The third-order valence-electron chi connectivity index (χ3n) is 2.23. The quantitative estimate of drug-likeness (QED) is 0.750. The fourth-order valence-corrected chi connectivity index (χ4v) is 1.34. The molecule has 0 bridgehead atoms. The second-order valence-electron chi connectivity index (χ2n) is 3.80. The van der Waals surface area contributed by atoms with Gasteiger partial charge in [0.2, 0.25) is 0 Å². The van der Waals surface area contributed by atoms with Gasteiger partial charge in [0.05, 0.1) is 0 Å². The lowest BCUT2D eigenvalue weighted by Crippen LogP contribution is -2.11. The van der Waals surface area contributed by atoms with Crippen molar-refractivity contribution >= 4 is 0 Å². The second-order valence-corrected chi connectivity index (χ2v) is 3.80. The van der Waals surface area contributed by atoms with Crippen molar-refractivity contribution in [1.29, 1.82) is 0 Å². The van der Waals surface area contributed by atoms with Crippen LogP contribution in [0.1, 0.15) is 31.9 Å². The highest BCUT2D eigenvalue weighted by Crippen LogP contribution is 2.25. The van der Waals surface area contributed by atoms with Crippen molar-refractivity contribution in [3.8, 4) is 5.75 Å². The molecule has 0 spiro atoms. The van der Waals surface area contributed by atoms with E-state index in [9.17, 15) is 0 Å². The molecule has 1 aromatic rings. The minimum absolute atomic E-state index is 0.0475. The lowest BCUT2D eigenvalue weighted by Gasteiger charge is -2.15. The maximum absolute atomic E-state index is 6.00. The molecular formula is C13H19NO. The zero-order valence-electron chi connectivity index (χ0n) is 9.49. The summed E-state index contributed by atoms with van der Waals surface area (Å²) in [7, 11) is 0. The molecule has 15 heavy (non-hydrogen) atoms. The summed E-state index contributed by atoms with van der Waals surface area (Å²) in [5, 5.41) is 0. The number of benzene rings is 1. The van der Waals surface area contributed by atoms with Crippen molar-refractivity contribution in [3.05, 3.63) is 42.0 Å². The SMILES string of the molecule is C=C(C)COc1ccccc1[C@@H](N)CC. The van der Waals surface area contributed by atoms with Gasteiger partial charge in [-0.2, -0.15) is 0 Å². The highest BCUT2D eigenvalue weighted by atomic mass is 16.5. The van der Waals surface area contributed by atoms with Crippen molar-refractivity contribution in [1.82, 2.24) is 0 Å². The Balaban J connectivity index is 2.81. The van der Waals surface area contributed by atoms with E-state index in [0.29, 0.717) is 6.61 Å². The molecule has 0 saturated carbocycles. The van der Waals surface area contributed by atoms with Crippen LogP contribution in [0.15, 0.2) is 36.4 Å². The molecule has 1 rings (SSSR count). The van der Waals surface area contributed by atoms with E-state index in [-0.39, 0.29) is 6.04 Å². The number of rotatable bonds is 5. The van der Waals surface area contributed by atoms with Crippen molar-refractivity contribution in [2.45, 2.75) is 26.3 Å². The minimum atomic E-state index is 0.0475. The zero-order valence-corrected chi connectivity index (χ0v) is 9.49. The Morgan fingerprint density at radius 2 is 2.13 bits per heavy atom. The first kappa shape index (κ1) is 11.8. The molecule has 0 aliphatic rings. The van der Waals surface area contributed by atoms with Crippen LogP contribution in [0.2, 0.25) is 0 Å². The van der Waals surface area contributed by atoms with Gasteiger partial charge in [0.25, 0.3) is 0 Å². The van der Waals surface area contributed by atoms with Crippen LogP contribution < -0.4 is 10.5 Å². The van der Waals surface area contributed by atoms with Gasteiger partial charge in [-0.15, -0.1) is 0 Å². The molecular weight excluding hydrogens is 186 g/mol. The van der Waals surface area contributed by atoms with E-state index < -0.39 is 0 Å². The number of ether oxygens (including phenoxy) is 1. The van der Waals surface area contributed by atoms with Gasteiger partial charge in [0.15, 0.2) is 0 Å². The van der Waals surface area contributed by atoms with Crippen molar-refractivity contribution in [2.24, 2.45) is 5.73 Å². The topological polar surface area (TPSA) is 35.2 Å². The van der Waals surface area contributed by atoms with Gasteiger partial charge < -0.3 is 10.5 Å². The van der Waals surface area contributed by atoms with E-state index in [1.54, 1.807) is 0 Å². The van der Waals surface area contributed by atoms with Gasteiger partial charge in [-0.25, -0.2) is 0 Å². The first-order chi connectivity index (χ1) is 7.15. The molecule has 0 saturated heterocycles. The van der Waals surface area contributed by atoms with E-state index in [4.69, 9.17) is 10.5 Å². The Bertz CT molecular complexity index is 333. The van der Waals surface area contributed by atoms with Crippen LogP contribution in [0.5, 0.6) is 5.75 Å². The molecule has 0 heterocycles. The molecule has 1 atom stereocenters. The predicted octanol–water partition coefficient (Wildman–Crippen LogP) is 3.05. The summed E-state index contributed by atoms with van der Waals surface area (Å²) in [5.41, 5.74) is 8.08. The van der Waals surface area contributed by atoms with Gasteiger partial charge in [0, 0.05) is 11.6 Å². The molecule has 0 aromatic heterocycles. The molecule has 2 N–H and O–H groups in total. The van der Waals surface area contributed by atoms with Gasteiger partial charge in [0.1, 0.15) is 12.4 Å². The standard InChI is InChI=1S/C13H19NO/c1-4-12(14)11-7-5-6-8-13(11)15-9-10(2)3/h5-8,12H,2,4,9,14H2,1,3H3/t12-/m0/s1. The summed E-state index contributed by atoms with van der Waals surface area (Å²) in [6.07, 6.45) is 0.910. The Labute approximate surface area is 91.7 Å². The molecule has 1 aromatic carbocycles. The van der Waals surface area contributed by atoms with Crippen LogP contribution in [0.4, 0.5) is 0 Å². The monoisotopic (exact) mass is 205 g/mol. The second kappa shape index (κ2) is 5.56. The molecule has 0 amide bonds. The van der Waals surface area contributed by atoms with Crippen LogP contribution in [-0.2, 0) is 0 Å². The smallest absolute Gasteiger partial charge is 0.124 e. The largest absolute Gasteiger partial charge is 0.489 e. The highest BCUT2D eigenvalue weighted by Gasteiger charge is 2.09. The van der Waals surface area contributed by atoms with E-state index in [0.717, 1.165) is 23.3 Å². The first-order valence-corrected chi connectivity index (χ1v) is 5.26. The van der Waals surface area contributed by atoms with Crippen molar-refractivity contribution in [2.75, 3.05) is 6.61 Å². The summed E-state index contributed by atoms with van der Waals surface area (Å²) in [6.45, 7) is 8.37. The summed E-state index contributed by atoms with van der Waals surface area (Å²) in [5.74, 6) is 0.870. The summed E-state index contributed by atoms with van der Waals surface area (Å²) < 4.78 is 5.64. The maximum Gasteiger partial charge on any atom is 0.124 e. The van der Waals surface area contributed by atoms with Crippen LogP contribution in [0, 0.1) is 0 Å². The maximum atomic E-state index is 6.00. The summed E-state index contributed by atoms with van der Waals surface area (Å²) in [6, 6.07) is 7.96. The van der Waals surface area contributed by atoms with Gasteiger partial charge in [-0.1, -0.05) is 31.7 Å². The van der Waals surface area contributed by atoms with Crippen LogP contribution >= 0.6 is 0 Å². The Hall–Kier alpha value is -1.28. The molecule has 0 fully saturated rings. The predicted molar refractivity (Wildman–Crippen MR) is 64.0 cm³/mol. The minimum Gasteiger partial charge on any atom is -0.489 e. The van der Waals surface area contributed by atoms with Gasteiger partial charge in [-0.3, -0.25) is 0 Å². The molecule has 0 aliphatic heterocycles. The number of para-hydroxylation sites is 1. The van der Waals surface area contributed by atoms with Crippen LogP contribution in [-0.4, -0.2) is 6.61 Å². The Morgan fingerprint density at radius 3 is 2.73 bits per heavy atom. The zero-order chi connectivity index (χ0) is 11.3. The van der Waals surface area contributed by atoms with Crippen molar-refractivity contribution < 1.29 is 4.74 Å². The molecule has 0 radical (unpaired) electrons. The number of hydrogen-bond donors (Lipinski definition) is 1. The Morgan fingerprint density at radius 1 is 1.47 bits per heavy atom. The molecule has 0 aliphatic carbocycles. The fourth-order valence-electron chi connectivity index (χ4n) is 1.34. The van der Waals surface area contributed by atoms with E-state index in [1.165, 1.54) is 0 Å². The van der Waals surface area contributed by atoms with E-state index in [1.807, 2.05) is 31.2 Å². The number of nitrogens with two attached hydrogens (primary N) is 1. The average Bonchev–Trinajstić information content (AvgIpc) is 2.25. The average molecular weight is 205 g/mol. The molecule has 0 unspecified atom stereocenters. The summed E-state index contributed by atoms with van der Waals surface area (Å²) >= 11 is 0. The van der Waals surface area contributed by atoms with Crippen LogP contribution in [0.25, 0.3) is 0 Å². The van der Waals surface area contributed by atoms with Crippen LogP contribution in [0.3, 0.4) is 0 Å². The van der Waals surface area contributed by atoms with E-state index >= 15 is 0 Å². The molecule has 82 valence electrons. The Kier molecular flexibility index (Phi) is 4.37. The molecule has 2 nitrogen and oxygen atoms in total. The summed E-state index contributed by atoms with van der Waals surface area (Å²) in [4.78, 5) is 0. The van der Waals surface area contributed by atoms with Gasteiger partial charge in [-0.05, 0) is 25.0 Å². The third-order valence-corrected chi connectivity index (χ3v) is 2.23. The lowest BCUT2D eigenvalue weighted by molar-refractivity contribution is 0.346. The van der Waals surface area contributed by atoms with Gasteiger partial charge >= 0.3 is 0 Å². The number of hydrogen-bond acceptors (Lipinski definition) is 2. The normalized spacial score (nSPS) is 12.2. The van der Waals surface area contributed by atoms with E-state index in [2.05, 4.69) is 13.5 Å². The fraction of sp³-hybridized carbons (Fsp3) is 0.385. The highest BCUT2D eigenvalue weighted by molar-refractivity contribution is 5.35. The third kappa shape index (κ3) is 3.40. The first-order valence-electron chi connectivity index (χ1n) is 5.26. The molecule has 2 heteroatoms. The van der Waals surface area contributed by atoms with Crippen molar-refractivity contribution in [3.63, 3.8) is 0 Å².